The Morgan fingerprint density at radius 3 is 2.17 bits per heavy atom. The van der Waals surface area contributed by atoms with Crippen molar-refractivity contribution in [1.82, 2.24) is 10.2 Å². The molecule has 0 saturated heterocycles. The van der Waals surface area contributed by atoms with E-state index in [9.17, 15) is 18.0 Å². The summed E-state index contributed by atoms with van der Waals surface area (Å²) in [6.45, 7) is 7.60. The number of halogens is 2. The number of hydrogen-bond acceptors (Lipinski definition) is 4. The third-order valence-electron chi connectivity index (χ3n) is 6.81. The summed E-state index contributed by atoms with van der Waals surface area (Å²) in [7, 11) is -4.17. The first-order chi connectivity index (χ1) is 19.5. The standard InChI is InChI=1S/C31H37Cl2N3O4S/c1-5-7-18-34-31(38)29(6-2)35(20-24-11-13-25(32)14-12-24)30(37)21-36(26-15-10-23(4)28(33)19-26)41(39,40)27-16-8-22(3)9-17-27/h8-17,19,29H,5-7,18,20-21H2,1-4H3,(H,34,38). The van der Waals surface area contributed by atoms with E-state index in [2.05, 4.69) is 5.32 Å². The van der Waals surface area contributed by atoms with Gasteiger partial charge in [0.15, 0.2) is 0 Å². The topological polar surface area (TPSA) is 86.8 Å². The summed E-state index contributed by atoms with van der Waals surface area (Å²) in [5.41, 5.74) is 2.68. The number of aryl methyl sites for hydroxylation is 2. The van der Waals surface area contributed by atoms with Crippen molar-refractivity contribution < 1.29 is 18.0 Å². The minimum Gasteiger partial charge on any atom is -0.354 e. The molecule has 0 heterocycles. The van der Waals surface area contributed by atoms with E-state index in [0.29, 0.717) is 23.0 Å². The molecule has 0 bridgehead atoms. The van der Waals surface area contributed by atoms with E-state index in [4.69, 9.17) is 23.2 Å². The molecule has 41 heavy (non-hydrogen) atoms. The average Bonchev–Trinajstić information content (AvgIpc) is 2.94. The number of amides is 2. The first kappa shape index (κ1) is 32.4. The number of hydrogen-bond donors (Lipinski definition) is 1. The first-order valence-corrected chi connectivity index (χ1v) is 15.8. The third-order valence-corrected chi connectivity index (χ3v) is 9.26. The Bertz CT molecular complexity index is 1450. The van der Waals surface area contributed by atoms with Crippen LogP contribution in [0.4, 0.5) is 5.69 Å². The summed E-state index contributed by atoms with van der Waals surface area (Å²) >= 11 is 12.5. The lowest BCUT2D eigenvalue weighted by Crippen LogP contribution is -2.52. The Morgan fingerprint density at radius 2 is 1.59 bits per heavy atom. The zero-order valence-corrected chi connectivity index (χ0v) is 26.2. The highest BCUT2D eigenvalue weighted by molar-refractivity contribution is 7.92. The second-order valence-corrected chi connectivity index (χ2v) is 12.7. The predicted octanol–water partition coefficient (Wildman–Crippen LogP) is 6.53. The SMILES string of the molecule is CCCCNC(=O)C(CC)N(Cc1ccc(Cl)cc1)C(=O)CN(c1ccc(C)c(Cl)c1)S(=O)(=O)c1ccc(C)cc1. The van der Waals surface area contributed by atoms with Crippen molar-refractivity contribution in [2.24, 2.45) is 0 Å². The van der Waals surface area contributed by atoms with Gasteiger partial charge in [-0.25, -0.2) is 8.42 Å². The number of carbonyl (C=O) groups excluding carboxylic acids is 2. The smallest absolute Gasteiger partial charge is 0.264 e. The van der Waals surface area contributed by atoms with E-state index < -0.39 is 28.5 Å². The molecule has 0 fully saturated rings. The van der Waals surface area contributed by atoms with Gasteiger partial charge in [0.25, 0.3) is 10.0 Å². The molecule has 2 amide bonds. The summed E-state index contributed by atoms with van der Waals surface area (Å²) in [5.74, 6) is -0.806. The third kappa shape index (κ3) is 8.47. The number of carbonyl (C=O) groups is 2. The van der Waals surface area contributed by atoms with E-state index >= 15 is 0 Å². The van der Waals surface area contributed by atoms with Crippen molar-refractivity contribution in [3.8, 4) is 0 Å². The van der Waals surface area contributed by atoms with Gasteiger partial charge >= 0.3 is 0 Å². The summed E-state index contributed by atoms with van der Waals surface area (Å²) in [4.78, 5) is 28.8. The van der Waals surface area contributed by atoms with Gasteiger partial charge < -0.3 is 10.2 Å². The molecular weight excluding hydrogens is 581 g/mol. The van der Waals surface area contributed by atoms with Crippen LogP contribution in [0.2, 0.25) is 10.0 Å². The van der Waals surface area contributed by atoms with Gasteiger partial charge in [-0.1, -0.05) is 79.4 Å². The summed E-state index contributed by atoms with van der Waals surface area (Å²) in [6.07, 6.45) is 2.07. The monoisotopic (exact) mass is 617 g/mol. The zero-order valence-electron chi connectivity index (χ0n) is 23.9. The molecule has 1 atom stereocenters. The number of sulfonamides is 1. The molecular formula is C31H37Cl2N3O4S. The molecule has 1 unspecified atom stereocenters. The molecule has 0 aliphatic heterocycles. The van der Waals surface area contributed by atoms with Crippen molar-refractivity contribution in [2.45, 2.75) is 64.4 Å². The van der Waals surface area contributed by atoms with Crippen LogP contribution in [0.1, 0.15) is 49.8 Å². The van der Waals surface area contributed by atoms with Gasteiger partial charge in [0.05, 0.1) is 10.6 Å². The van der Waals surface area contributed by atoms with Crippen LogP contribution in [0.15, 0.2) is 71.6 Å². The van der Waals surface area contributed by atoms with E-state index in [1.807, 2.05) is 27.7 Å². The fraction of sp³-hybridized carbons (Fsp3) is 0.355. The van der Waals surface area contributed by atoms with Gasteiger partial charge in [0, 0.05) is 23.1 Å². The molecule has 3 aromatic carbocycles. The molecule has 1 N–H and O–H groups in total. The van der Waals surface area contributed by atoms with Gasteiger partial charge in [-0.15, -0.1) is 0 Å². The molecule has 3 aromatic rings. The minimum absolute atomic E-state index is 0.0428. The van der Waals surface area contributed by atoms with Crippen LogP contribution in [0, 0.1) is 13.8 Å². The van der Waals surface area contributed by atoms with Gasteiger partial charge in [0.1, 0.15) is 12.6 Å². The summed E-state index contributed by atoms with van der Waals surface area (Å²) in [6, 6.07) is 17.5. The Labute approximate surface area is 253 Å². The second kappa shape index (κ2) is 14.7. The lowest BCUT2D eigenvalue weighted by molar-refractivity contribution is -0.140. The highest BCUT2D eigenvalue weighted by Gasteiger charge is 2.33. The Kier molecular flexibility index (Phi) is 11.6. The molecule has 0 radical (unpaired) electrons. The largest absolute Gasteiger partial charge is 0.354 e. The molecule has 220 valence electrons. The number of unbranched alkanes of at least 4 members (excludes halogenated alkanes) is 1. The lowest BCUT2D eigenvalue weighted by Gasteiger charge is -2.33. The Hall–Kier alpha value is -3.07. The molecule has 0 aliphatic carbocycles. The quantitative estimate of drug-likeness (QED) is 0.221. The van der Waals surface area contributed by atoms with Crippen LogP contribution in [0.3, 0.4) is 0 Å². The zero-order chi connectivity index (χ0) is 30.2. The number of nitrogens with one attached hydrogen (secondary N) is 1. The van der Waals surface area contributed by atoms with Gasteiger partial charge in [0.2, 0.25) is 11.8 Å². The second-order valence-electron chi connectivity index (χ2n) is 9.97. The van der Waals surface area contributed by atoms with E-state index in [1.165, 1.54) is 23.1 Å². The highest BCUT2D eigenvalue weighted by Crippen LogP contribution is 2.29. The Morgan fingerprint density at radius 1 is 0.927 bits per heavy atom. The molecule has 7 nitrogen and oxygen atoms in total. The Balaban J connectivity index is 2.05. The van der Waals surface area contributed by atoms with Crippen LogP contribution >= 0.6 is 23.2 Å². The van der Waals surface area contributed by atoms with Crippen molar-refractivity contribution in [3.05, 3.63) is 93.5 Å². The normalized spacial score (nSPS) is 12.0. The molecule has 0 aromatic heterocycles. The fourth-order valence-corrected chi connectivity index (χ4v) is 6.02. The van der Waals surface area contributed by atoms with E-state index in [0.717, 1.165) is 33.8 Å². The maximum atomic E-state index is 14.1. The minimum atomic E-state index is -4.17. The molecule has 3 rings (SSSR count). The first-order valence-electron chi connectivity index (χ1n) is 13.6. The molecule has 0 aliphatic rings. The fourth-order valence-electron chi connectivity index (χ4n) is 4.32. The number of benzene rings is 3. The van der Waals surface area contributed by atoms with Crippen LogP contribution < -0.4 is 9.62 Å². The summed E-state index contributed by atoms with van der Waals surface area (Å²) in [5, 5.41) is 3.84. The predicted molar refractivity (Wildman–Crippen MR) is 166 cm³/mol. The maximum Gasteiger partial charge on any atom is 0.264 e. The number of rotatable bonds is 13. The van der Waals surface area contributed by atoms with Crippen molar-refractivity contribution >= 4 is 50.7 Å². The van der Waals surface area contributed by atoms with Crippen LogP contribution in [-0.2, 0) is 26.2 Å². The average molecular weight is 619 g/mol. The summed E-state index contributed by atoms with van der Waals surface area (Å²) < 4.78 is 29.0. The van der Waals surface area contributed by atoms with Crippen LogP contribution in [0.5, 0.6) is 0 Å². The van der Waals surface area contributed by atoms with E-state index in [-0.39, 0.29) is 23.0 Å². The molecule has 10 heteroatoms. The maximum absolute atomic E-state index is 14.1. The van der Waals surface area contributed by atoms with Crippen molar-refractivity contribution in [2.75, 3.05) is 17.4 Å². The van der Waals surface area contributed by atoms with Gasteiger partial charge in [-0.05, 0) is 74.2 Å². The molecule has 0 spiro atoms. The van der Waals surface area contributed by atoms with Crippen LogP contribution in [-0.4, -0.2) is 44.3 Å². The molecule has 0 saturated carbocycles. The lowest BCUT2D eigenvalue weighted by atomic mass is 10.1. The number of anilines is 1. The van der Waals surface area contributed by atoms with Gasteiger partial charge in [-0.2, -0.15) is 0 Å². The van der Waals surface area contributed by atoms with E-state index in [1.54, 1.807) is 48.5 Å². The van der Waals surface area contributed by atoms with Gasteiger partial charge in [-0.3, -0.25) is 13.9 Å². The van der Waals surface area contributed by atoms with Crippen molar-refractivity contribution in [1.29, 1.82) is 0 Å². The van der Waals surface area contributed by atoms with Crippen molar-refractivity contribution in [3.63, 3.8) is 0 Å². The van der Waals surface area contributed by atoms with Crippen LogP contribution in [0.25, 0.3) is 0 Å². The highest BCUT2D eigenvalue weighted by atomic mass is 35.5. The number of nitrogens with zero attached hydrogens (tertiary/aromatic N) is 2.